The number of rotatable bonds is 2. The minimum atomic E-state index is -0.113. The van der Waals surface area contributed by atoms with Gasteiger partial charge in [0.2, 0.25) is 0 Å². The zero-order valence-electron chi connectivity index (χ0n) is 15.7. The van der Waals surface area contributed by atoms with Crippen molar-refractivity contribution in [3.05, 3.63) is 27.7 Å². The van der Waals surface area contributed by atoms with E-state index in [1.807, 2.05) is 4.90 Å². The Morgan fingerprint density at radius 2 is 2.00 bits per heavy atom. The topological polar surface area (TPSA) is 75.9 Å². The van der Waals surface area contributed by atoms with Crippen LogP contribution in [0.1, 0.15) is 66.5 Å². The predicted molar refractivity (Wildman–Crippen MR) is 100 cm³/mol. The van der Waals surface area contributed by atoms with Gasteiger partial charge in [0.1, 0.15) is 16.5 Å². The molecule has 26 heavy (non-hydrogen) atoms. The smallest absolute Gasteiger partial charge is 0.265 e. The molecule has 2 aliphatic rings. The molecule has 0 spiro atoms. The second-order valence-electron chi connectivity index (χ2n) is 8.15. The number of fused-ring (bicyclic) bond motifs is 1. The second-order valence-corrected chi connectivity index (χ2v) is 9.00. The van der Waals surface area contributed by atoms with Gasteiger partial charge in [-0.25, -0.2) is 4.98 Å². The van der Waals surface area contributed by atoms with Gasteiger partial charge in [-0.1, -0.05) is 20.8 Å². The van der Waals surface area contributed by atoms with E-state index in [9.17, 15) is 4.79 Å². The molecule has 0 atom stereocenters. The highest BCUT2D eigenvalue weighted by atomic mass is 32.1. The molecule has 7 nitrogen and oxygen atoms in total. The van der Waals surface area contributed by atoms with Gasteiger partial charge in [0.05, 0.1) is 17.7 Å². The number of likely N-dealkylation sites (tertiary alicyclic amines) is 1. The maximum absolute atomic E-state index is 13.0. The number of nitrogens with zero attached hydrogens (tertiary/aromatic N) is 5. The van der Waals surface area contributed by atoms with Crippen molar-refractivity contribution in [3.63, 3.8) is 0 Å². The molecule has 1 amide bonds. The van der Waals surface area contributed by atoms with Gasteiger partial charge in [-0.05, 0) is 12.8 Å². The molecule has 0 radical (unpaired) electrons. The number of carbonyl (C=O) groups excluding carboxylic acids is 1. The van der Waals surface area contributed by atoms with Gasteiger partial charge in [0.25, 0.3) is 5.91 Å². The molecule has 0 unspecified atom stereocenters. The van der Waals surface area contributed by atoms with E-state index in [-0.39, 0.29) is 11.3 Å². The molecular weight excluding hydrogens is 348 g/mol. The minimum absolute atomic E-state index is 0.113. The first-order valence-corrected chi connectivity index (χ1v) is 10.2. The summed E-state index contributed by atoms with van der Waals surface area (Å²) in [6, 6.07) is 0. The summed E-state index contributed by atoms with van der Waals surface area (Å²) in [6.07, 6.45) is 1.89. The molecule has 2 aliphatic heterocycles. The third-order valence-corrected chi connectivity index (χ3v) is 6.09. The Hall–Kier alpha value is -1.80. The summed E-state index contributed by atoms with van der Waals surface area (Å²) >= 11 is 1.46. The highest BCUT2D eigenvalue weighted by molar-refractivity contribution is 7.11. The number of thiazole rings is 1. The summed E-state index contributed by atoms with van der Waals surface area (Å²) in [5.74, 6) is 2.65. The Labute approximate surface area is 157 Å². The third-order valence-electron chi connectivity index (χ3n) is 5.27. The monoisotopic (exact) mass is 374 g/mol. The van der Waals surface area contributed by atoms with Gasteiger partial charge in [-0.2, -0.15) is 0 Å². The molecule has 0 aromatic carbocycles. The van der Waals surface area contributed by atoms with E-state index >= 15 is 0 Å². The number of hydrogen-bond acceptors (Lipinski definition) is 6. The maximum atomic E-state index is 13.0. The molecule has 0 saturated carbocycles. The summed E-state index contributed by atoms with van der Waals surface area (Å²) in [7, 11) is 0. The molecule has 2 aromatic rings. The van der Waals surface area contributed by atoms with E-state index in [1.54, 1.807) is 5.51 Å². The van der Waals surface area contributed by atoms with Gasteiger partial charge >= 0.3 is 0 Å². The average Bonchev–Trinajstić information content (AvgIpc) is 3.28. The first-order chi connectivity index (χ1) is 12.4. The van der Waals surface area contributed by atoms with Gasteiger partial charge < -0.3 is 14.8 Å². The molecule has 1 N–H and O–H groups in total. The summed E-state index contributed by atoms with van der Waals surface area (Å²) in [6.45, 7) is 10.6. The van der Waals surface area contributed by atoms with Crippen molar-refractivity contribution in [1.29, 1.82) is 0 Å². The standard InChI is InChI=1S/C18H26N6OS/c1-18(2,3)15-14(26-11-20-15)17(25)23-7-4-12(5-8-23)16-22-21-13-10-19-6-9-24(13)16/h11-12,19H,4-10H2,1-3H3. The van der Waals surface area contributed by atoms with Crippen molar-refractivity contribution in [2.75, 3.05) is 19.6 Å². The maximum Gasteiger partial charge on any atom is 0.265 e. The minimum Gasteiger partial charge on any atom is -0.338 e. The average molecular weight is 375 g/mol. The van der Waals surface area contributed by atoms with E-state index < -0.39 is 0 Å². The van der Waals surface area contributed by atoms with Crippen molar-refractivity contribution < 1.29 is 4.79 Å². The number of carbonyl (C=O) groups is 1. The van der Waals surface area contributed by atoms with E-state index in [0.29, 0.717) is 5.92 Å². The van der Waals surface area contributed by atoms with Crippen LogP contribution in [0.4, 0.5) is 0 Å². The molecule has 140 valence electrons. The number of hydrogen-bond donors (Lipinski definition) is 1. The lowest BCUT2D eigenvalue weighted by atomic mass is 9.90. The lowest BCUT2D eigenvalue weighted by Crippen LogP contribution is -2.39. The normalized spacial score (nSPS) is 18.8. The fourth-order valence-corrected chi connectivity index (χ4v) is 4.80. The van der Waals surface area contributed by atoms with Crippen molar-refractivity contribution in [1.82, 2.24) is 30.0 Å². The molecule has 4 heterocycles. The lowest BCUT2D eigenvalue weighted by molar-refractivity contribution is 0.0712. The molecular formula is C18H26N6OS. The summed E-state index contributed by atoms with van der Waals surface area (Å²) in [5.41, 5.74) is 2.59. The van der Waals surface area contributed by atoms with Crippen LogP contribution in [0.2, 0.25) is 0 Å². The van der Waals surface area contributed by atoms with Gasteiger partial charge in [-0.3, -0.25) is 4.79 Å². The van der Waals surface area contributed by atoms with Crippen LogP contribution in [0.15, 0.2) is 5.51 Å². The molecule has 4 rings (SSSR count). The highest BCUT2D eigenvalue weighted by Crippen LogP contribution is 2.32. The molecule has 1 fully saturated rings. The SMILES string of the molecule is CC(C)(C)c1ncsc1C(=O)N1CCC(c2nnc3n2CCNC3)CC1. The van der Waals surface area contributed by atoms with Crippen molar-refractivity contribution in [2.45, 2.75) is 58.0 Å². The molecule has 2 aromatic heterocycles. The van der Waals surface area contributed by atoms with E-state index in [4.69, 9.17) is 0 Å². The van der Waals surface area contributed by atoms with Crippen LogP contribution in [-0.2, 0) is 18.5 Å². The van der Waals surface area contributed by atoms with Crippen molar-refractivity contribution in [2.24, 2.45) is 0 Å². The Morgan fingerprint density at radius 1 is 1.23 bits per heavy atom. The Bertz CT molecular complexity index is 797. The van der Waals surface area contributed by atoms with Crippen molar-refractivity contribution >= 4 is 17.2 Å². The summed E-state index contributed by atoms with van der Waals surface area (Å²) in [4.78, 5) is 20.2. The lowest BCUT2D eigenvalue weighted by Gasteiger charge is -2.32. The first-order valence-electron chi connectivity index (χ1n) is 9.31. The Kier molecular flexibility index (Phi) is 4.56. The Morgan fingerprint density at radius 3 is 2.73 bits per heavy atom. The first kappa shape index (κ1) is 17.6. The fourth-order valence-electron chi connectivity index (χ4n) is 3.83. The summed E-state index contributed by atoms with van der Waals surface area (Å²) < 4.78 is 2.26. The van der Waals surface area contributed by atoms with E-state index in [1.165, 1.54) is 11.3 Å². The van der Waals surface area contributed by atoms with Gasteiger partial charge in [-0.15, -0.1) is 21.5 Å². The van der Waals surface area contributed by atoms with E-state index in [2.05, 4.69) is 45.8 Å². The summed E-state index contributed by atoms with van der Waals surface area (Å²) in [5, 5.41) is 12.1. The largest absolute Gasteiger partial charge is 0.338 e. The number of nitrogens with one attached hydrogen (secondary N) is 1. The van der Waals surface area contributed by atoms with Crippen LogP contribution in [0, 0.1) is 0 Å². The van der Waals surface area contributed by atoms with Crippen molar-refractivity contribution in [3.8, 4) is 0 Å². The predicted octanol–water partition coefficient (Wildman–Crippen LogP) is 2.16. The van der Waals surface area contributed by atoms with Crippen LogP contribution in [-0.4, -0.2) is 50.2 Å². The quantitative estimate of drug-likeness (QED) is 0.872. The molecule has 0 bridgehead atoms. The van der Waals surface area contributed by atoms with Gasteiger partial charge in [0.15, 0.2) is 0 Å². The number of amides is 1. The third kappa shape index (κ3) is 3.16. The zero-order chi connectivity index (χ0) is 18.3. The van der Waals surface area contributed by atoms with Crippen LogP contribution in [0.25, 0.3) is 0 Å². The number of aromatic nitrogens is 4. The molecule has 0 aliphatic carbocycles. The van der Waals surface area contributed by atoms with Crippen LogP contribution in [0.5, 0.6) is 0 Å². The molecule has 8 heteroatoms. The van der Waals surface area contributed by atoms with E-state index in [0.717, 1.165) is 67.8 Å². The van der Waals surface area contributed by atoms with Crippen LogP contribution >= 0.6 is 11.3 Å². The molecule has 1 saturated heterocycles. The Balaban J connectivity index is 1.45. The van der Waals surface area contributed by atoms with Gasteiger partial charge in [0, 0.05) is 37.5 Å². The van der Waals surface area contributed by atoms with Crippen LogP contribution < -0.4 is 5.32 Å². The second kappa shape index (κ2) is 6.74. The zero-order valence-corrected chi connectivity index (χ0v) is 16.5. The number of piperidine rings is 1. The fraction of sp³-hybridized carbons (Fsp3) is 0.667. The highest BCUT2D eigenvalue weighted by Gasteiger charge is 2.32. The van der Waals surface area contributed by atoms with Crippen LogP contribution in [0.3, 0.4) is 0 Å².